The maximum absolute atomic E-state index is 11.9. The second-order valence-electron chi connectivity index (χ2n) is 8.70. The highest BCUT2D eigenvalue weighted by Crippen LogP contribution is 2.26. The first-order chi connectivity index (χ1) is 17.5. The molecule has 0 unspecified atom stereocenters. The fourth-order valence-electron chi connectivity index (χ4n) is 4.29. The van der Waals surface area contributed by atoms with E-state index in [0.29, 0.717) is 5.69 Å². The molecule has 1 aliphatic heterocycles. The number of primary amides is 1. The van der Waals surface area contributed by atoms with Crippen molar-refractivity contribution < 1.29 is 9.59 Å². The van der Waals surface area contributed by atoms with Gasteiger partial charge in [-0.25, -0.2) is 4.98 Å². The summed E-state index contributed by atoms with van der Waals surface area (Å²) in [6.07, 6.45) is 5.60. The standard InChI is InChI=1S/C27H27N7O2/c28-25(35)7-8-27(36)31-21-4-1-19(2-5-21)20-3-6-23-24(17-20)32-26(18-30-23)34-15-13-33(14-16-34)22-9-11-29-12-10-22/h1-6,9-12,17-18H,7-8,13-16H2,(H2,28,35)(H,31,36). The first-order valence-corrected chi connectivity index (χ1v) is 11.9. The van der Waals surface area contributed by atoms with Gasteiger partial charge in [0.1, 0.15) is 5.82 Å². The fraction of sp³-hybridized carbons (Fsp3) is 0.222. The van der Waals surface area contributed by atoms with E-state index in [9.17, 15) is 9.59 Å². The molecule has 2 aromatic carbocycles. The maximum atomic E-state index is 11.9. The van der Waals surface area contributed by atoms with Gasteiger partial charge in [-0.15, -0.1) is 0 Å². The second kappa shape index (κ2) is 10.4. The van der Waals surface area contributed by atoms with Gasteiger partial charge in [0.15, 0.2) is 0 Å². The van der Waals surface area contributed by atoms with Crippen molar-refractivity contribution in [3.05, 3.63) is 73.2 Å². The van der Waals surface area contributed by atoms with Crippen molar-refractivity contribution >= 4 is 40.0 Å². The number of hydrogen-bond acceptors (Lipinski definition) is 7. The van der Waals surface area contributed by atoms with Crippen LogP contribution in [0.1, 0.15) is 12.8 Å². The number of nitrogens with one attached hydrogen (secondary N) is 1. The molecule has 1 fully saturated rings. The highest BCUT2D eigenvalue weighted by molar-refractivity contribution is 5.93. The molecule has 5 rings (SSSR count). The number of nitrogens with two attached hydrogens (primary N) is 1. The van der Waals surface area contributed by atoms with Crippen LogP contribution in [0, 0.1) is 0 Å². The van der Waals surface area contributed by atoms with Gasteiger partial charge in [0.05, 0.1) is 17.2 Å². The molecule has 36 heavy (non-hydrogen) atoms. The molecule has 1 saturated heterocycles. The van der Waals surface area contributed by atoms with Gasteiger partial charge in [0, 0.05) is 62.8 Å². The summed E-state index contributed by atoms with van der Waals surface area (Å²) in [7, 11) is 0. The molecule has 3 N–H and O–H groups in total. The summed E-state index contributed by atoms with van der Waals surface area (Å²) in [4.78, 5) is 41.1. The lowest BCUT2D eigenvalue weighted by atomic mass is 10.0. The van der Waals surface area contributed by atoms with Crippen LogP contribution in [0.3, 0.4) is 0 Å². The molecule has 0 radical (unpaired) electrons. The third kappa shape index (κ3) is 5.41. The molecule has 0 atom stereocenters. The number of amides is 2. The number of carbonyl (C=O) groups excluding carboxylic acids is 2. The Hall–Kier alpha value is -4.53. The van der Waals surface area contributed by atoms with Crippen molar-refractivity contribution in [2.45, 2.75) is 12.8 Å². The zero-order chi connectivity index (χ0) is 24.9. The van der Waals surface area contributed by atoms with Crippen molar-refractivity contribution in [2.75, 3.05) is 41.3 Å². The Balaban J connectivity index is 1.27. The van der Waals surface area contributed by atoms with E-state index in [1.807, 2.05) is 73.2 Å². The van der Waals surface area contributed by atoms with E-state index < -0.39 is 5.91 Å². The van der Waals surface area contributed by atoms with Gasteiger partial charge in [-0.1, -0.05) is 18.2 Å². The average Bonchev–Trinajstić information content (AvgIpc) is 2.92. The molecular formula is C27H27N7O2. The molecule has 0 spiro atoms. The third-order valence-corrected chi connectivity index (χ3v) is 6.26. The van der Waals surface area contributed by atoms with E-state index in [1.165, 1.54) is 5.69 Å². The summed E-state index contributed by atoms with van der Waals surface area (Å²) in [6.45, 7) is 3.56. The minimum atomic E-state index is -0.490. The van der Waals surface area contributed by atoms with E-state index in [-0.39, 0.29) is 18.7 Å². The molecule has 2 amide bonds. The number of piperazine rings is 1. The zero-order valence-corrected chi connectivity index (χ0v) is 19.8. The van der Waals surface area contributed by atoms with E-state index in [2.05, 4.69) is 25.1 Å². The lowest BCUT2D eigenvalue weighted by Crippen LogP contribution is -2.46. The Morgan fingerprint density at radius 3 is 2.25 bits per heavy atom. The lowest BCUT2D eigenvalue weighted by molar-refractivity contribution is -0.122. The number of hydrogen-bond donors (Lipinski definition) is 2. The van der Waals surface area contributed by atoms with Crippen LogP contribution in [0.2, 0.25) is 0 Å². The smallest absolute Gasteiger partial charge is 0.224 e. The van der Waals surface area contributed by atoms with Crippen LogP contribution in [0.4, 0.5) is 17.2 Å². The fourth-order valence-corrected chi connectivity index (χ4v) is 4.29. The average molecular weight is 482 g/mol. The summed E-state index contributed by atoms with van der Waals surface area (Å²) >= 11 is 0. The van der Waals surface area contributed by atoms with Crippen molar-refractivity contribution in [1.29, 1.82) is 0 Å². The Labute approximate surface area is 209 Å². The minimum Gasteiger partial charge on any atom is -0.370 e. The van der Waals surface area contributed by atoms with Crippen molar-refractivity contribution in [1.82, 2.24) is 15.0 Å². The highest BCUT2D eigenvalue weighted by Gasteiger charge is 2.19. The maximum Gasteiger partial charge on any atom is 0.224 e. The summed E-state index contributed by atoms with van der Waals surface area (Å²) in [6, 6.07) is 17.7. The third-order valence-electron chi connectivity index (χ3n) is 6.26. The van der Waals surface area contributed by atoms with Crippen LogP contribution in [-0.4, -0.2) is 52.9 Å². The van der Waals surface area contributed by atoms with Gasteiger partial charge >= 0.3 is 0 Å². The number of aromatic nitrogens is 3. The van der Waals surface area contributed by atoms with Gasteiger partial charge in [-0.2, -0.15) is 0 Å². The zero-order valence-electron chi connectivity index (χ0n) is 19.8. The highest BCUT2D eigenvalue weighted by atomic mass is 16.2. The molecule has 0 saturated carbocycles. The first kappa shape index (κ1) is 23.2. The van der Waals surface area contributed by atoms with Gasteiger partial charge in [-0.05, 0) is 47.5 Å². The Kier molecular flexibility index (Phi) is 6.70. The topological polar surface area (TPSA) is 117 Å². The normalized spacial score (nSPS) is 13.6. The molecule has 182 valence electrons. The van der Waals surface area contributed by atoms with Crippen LogP contribution >= 0.6 is 0 Å². The van der Waals surface area contributed by atoms with Crippen LogP contribution in [-0.2, 0) is 9.59 Å². The summed E-state index contributed by atoms with van der Waals surface area (Å²) in [5.74, 6) is 0.148. The predicted molar refractivity (Wildman–Crippen MR) is 141 cm³/mol. The number of nitrogens with zero attached hydrogens (tertiary/aromatic N) is 5. The van der Waals surface area contributed by atoms with Crippen molar-refractivity contribution in [3.63, 3.8) is 0 Å². The van der Waals surface area contributed by atoms with Crippen LogP contribution in [0.5, 0.6) is 0 Å². The van der Waals surface area contributed by atoms with Crippen molar-refractivity contribution in [2.24, 2.45) is 5.73 Å². The monoisotopic (exact) mass is 481 g/mol. The summed E-state index contributed by atoms with van der Waals surface area (Å²) < 4.78 is 0. The SMILES string of the molecule is NC(=O)CCC(=O)Nc1ccc(-c2ccc3ncc(N4CCN(c5ccncc5)CC4)nc3c2)cc1. The van der Waals surface area contributed by atoms with Crippen LogP contribution < -0.4 is 20.9 Å². The molecular weight excluding hydrogens is 454 g/mol. The van der Waals surface area contributed by atoms with E-state index in [0.717, 1.165) is 54.2 Å². The minimum absolute atomic E-state index is 0.0322. The number of benzene rings is 2. The second-order valence-corrected chi connectivity index (χ2v) is 8.70. The summed E-state index contributed by atoms with van der Waals surface area (Å²) in [5, 5.41) is 2.78. The molecule has 9 nitrogen and oxygen atoms in total. The number of fused-ring (bicyclic) bond motifs is 1. The number of carbonyl (C=O) groups is 2. The quantitative estimate of drug-likeness (QED) is 0.416. The Bertz CT molecular complexity index is 1370. The number of anilines is 3. The molecule has 2 aromatic heterocycles. The van der Waals surface area contributed by atoms with Gasteiger partial charge in [-0.3, -0.25) is 19.6 Å². The Morgan fingerprint density at radius 1 is 0.833 bits per heavy atom. The Morgan fingerprint density at radius 2 is 1.53 bits per heavy atom. The molecule has 4 aromatic rings. The molecule has 9 heteroatoms. The van der Waals surface area contributed by atoms with Gasteiger partial charge in [0.25, 0.3) is 0 Å². The predicted octanol–water partition coefficient (Wildman–Crippen LogP) is 3.22. The number of pyridine rings is 1. The van der Waals surface area contributed by atoms with E-state index >= 15 is 0 Å². The van der Waals surface area contributed by atoms with Crippen molar-refractivity contribution in [3.8, 4) is 11.1 Å². The largest absolute Gasteiger partial charge is 0.370 e. The molecule has 0 bridgehead atoms. The number of rotatable bonds is 7. The van der Waals surface area contributed by atoms with E-state index in [4.69, 9.17) is 10.7 Å². The molecule has 1 aliphatic rings. The first-order valence-electron chi connectivity index (χ1n) is 11.9. The van der Waals surface area contributed by atoms with Gasteiger partial charge in [0.2, 0.25) is 11.8 Å². The summed E-state index contributed by atoms with van der Waals surface area (Å²) in [5.41, 5.74) is 10.7. The van der Waals surface area contributed by atoms with Gasteiger partial charge < -0.3 is 20.9 Å². The molecule has 3 heterocycles. The van der Waals surface area contributed by atoms with E-state index in [1.54, 1.807) is 0 Å². The lowest BCUT2D eigenvalue weighted by Gasteiger charge is -2.36. The van der Waals surface area contributed by atoms with Crippen LogP contribution in [0.15, 0.2) is 73.2 Å². The van der Waals surface area contributed by atoms with Crippen LogP contribution in [0.25, 0.3) is 22.2 Å². The molecule has 0 aliphatic carbocycles.